The molecule has 0 spiro atoms. The monoisotopic (exact) mass is 404 g/mol. The highest BCUT2D eigenvalue weighted by atomic mass is 32.1. The quantitative estimate of drug-likeness (QED) is 0.450. The molecule has 3 N–H and O–H groups in total. The molecule has 1 amide bonds. The summed E-state index contributed by atoms with van der Waals surface area (Å²) in [5.74, 6) is -0.243. The number of amides is 1. The Morgan fingerprint density at radius 2 is 1.76 bits per heavy atom. The summed E-state index contributed by atoms with van der Waals surface area (Å²) < 4.78 is 0. The number of rotatable bonds is 3. The molecule has 1 heterocycles. The van der Waals surface area contributed by atoms with E-state index in [1.165, 1.54) is 18.4 Å². The van der Waals surface area contributed by atoms with E-state index in [0.717, 1.165) is 35.0 Å². The summed E-state index contributed by atoms with van der Waals surface area (Å²) in [6, 6.07) is 18.0. The molecule has 0 atom stereocenters. The van der Waals surface area contributed by atoms with Gasteiger partial charge in [-0.1, -0.05) is 60.9 Å². The molecule has 3 aromatic rings. The average Bonchev–Trinajstić information content (AvgIpc) is 3.24. The van der Waals surface area contributed by atoms with Crippen LogP contribution >= 0.6 is 12.2 Å². The zero-order valence-corrected chi connectivity index (χ0v) is 17.2. The maximum Gasteiger partial charge on any atom is 0.270 e. The van der Waals surface area contributed by atoms with Gasteiger partial charge in [0, 0.05) is 17.0 Å². The fourth-order valence-electron chi connectivity index (χ4n) is 3.71. The van der Waals surface area contributed by atoms with Gasteiger partial charge in [-0.05, 0) is 44.1 Å². The van der Waals surface area contributed by atoms with E-state index < -0.39 is 0 Å². The predicted octanol–water partition coefficient (Wildman–Crippen LogP) is 4.26. The number of aromatic nitrogens is 1. The summed E-state index contributed by atoms with van der Waals surface area (Å²) in [4.78, 5) is 17.7. The molecule has 1 fully saturated rings. The first-order valence-electron chi connectivity index (χ1n) is 9.94. The van der Waals surface area contributed by atoms with Gasteiger partial charge in [-0.15, -0.1) is 0 Å². The van der Waals surface area contributed by atoms with Gasteiger partial charge in [0.25, 0.3) is 5.91 Å². The number of hydrazine groups is 1. The number of hydrogen-bond donors (Lipinski definition) is 3. The number of carbonyl (C=O) groups excluding carboxylic acids is 1. The number of thiocarbonyl (C=S) groups is 1. The second-order valence-electron chi connectivity index (χ2n) is 7.47. The van der Waals surface area contributed by atoms with E-state index in [1.807, 2.05) is 61.5 Å². The third kappa shape index (κ3) is 4.54. The minimum absolute atomic E-state index is 0.243. The fraction of sp³-hybridized carbons (Fsp3) is 0.261. The smallest absolute Gasteiger partial charge is 0.270 e. The van der Waals surface area contributed by atoms with E-state index in [1.54, 1.807) is 0 Å². The molecule has 148 valence electrons. The second kappa shape index (κ2) is 8.57. The molecular weight excluding hydrogens is 380 g/mol. The van der Waals surface area contributed by atoms with Crippen LogP contribution in [0, 0.1) is 6.92 Å². The van der Waals surface area contributed by atoms with Crippen molar-refractivity contribution < 1.29 is 4.79 Å². The lowest BCUT2D eigenvalue weighted by Gasteiger charge is -2.16. The number of benzene rings is 2. The van der Waals surface area contributed by atoms with Crippen LogP contribution in [-0.4, -0.2) is 22.0 Å². The van der Waals surface area contributed by atoms with E-state index in [0.29, 0.717) is 16.7 Å². The van der Waals surface area contributed by atoms with E-state index in [-0.39, 0.29) is 5.91 Å². The minimum atomic E-state index is -0.243. The molecule has 1 saturated carbocycles. The molecule has 4 rings (SSSR count). The highest BCUT2D eigenvalue weighted by molar-refractivity contribution is 7.80. The van der Waals surface area contributed by atoms with Crippen LogP contribution in [0.15, 0.2) is 54.6 Å². The SMILES string of the molecule is Cc1ccc(-c2cc(C(=O)NNC(=S)NC3CCCC3)c3ccccc3n2)cc1. The van der Waals surface area contributed by atoms with Gasteiger partial charge in [0.05, 0.1) is 16.8 Å². The summed E-state index contributed by atoms with van der Waals surface area (Å²) in [6.07, 6.45) is 4.67. The summed E-state index contributed by atoms with van der Waals surface area (Å²) in [7, 11) is 0. The molecule has 5 nitrogen and oxygen atoms in total. The lowest BCUT2D eigenvalue weighted by molar-refractivity contribution is 0.0945. The Hall–Kier alpha value is -2.99. The first kappa shape index (κ1) is 19.3. The van der Waals surface area contributed by atoms with Gasteiger partial charge in [0.15, 0.2) is 5.11 Å². The number of pyridine rings is 1. The maximum absolute atomic E-state index is 12.9. The van der Waals surface area contributed by atoms with E-state index >= 15 is 0 Å². The van der Waals surface area contributed by atoms with Crippen molar-refractivity contribution in [1.82, 2.24) is 21.2 Å². The van der Waals surface area contributed by atoms with Crippen molar-refractivity contribution in [3.8, 4) is 11.3 Å². The number of aryl methyl sites for hydroxylation is 1. The van der Waals surface area contributed by atoms with Gasteiger partial charge in [0.1, 0.15) is 0 Å². The zero-order chi connectivity index (χ0) is 20.2. The van der Waals surface area contributed by atoms with Gasteiger partial charge in [-0.25, -0.2) is 4.98 Å². The van der Waals surface area contributed by atoms with Crippen LogP contribution in [0.3, 0.4) is 0 Å². The Morgan fingerprint density at radius 3 is 2.52 bits per heavy atom. The third-order valence-electron chi connectivity index (χ3n) is 5.29. The first-order valence-corrected chi connectivity index (χ1v) is 10.3. The highest BCUT2D eigenvalue weighted by Gasteiger charge is 2.17. The van der Waals surface area contributed by atoms with Crippen molar-refractivity contribution in [3.05, 3.63) is 65.7 Å². The van der Waals surface area contributed by atoms with Crippen molar-refractivity contribution in [2.45, 2.75) is 38.6 Å². The van der Waals surface area contributed by atoms with Crippen molar-refractivity contribution >= 4 is 34.1 Å². The Morgan fingerprint density at radius 1 is 1.03 bits per heavy atom. The predicted molar refractivity (Wildman–Crippen MR) is 121 cm³/mol. The van der Waals surface area contributed by atoms with E-state index in [2.05, 4.69) is 16.2 Å². The van der Waals surface area contributed by atoms with Gasteiger partial charge in [-0.2, -0.15) is 0 Å². The molecule has 0 bridgehead atoms. The molecule has 1 aromatic heterocycles. The molecule has 0 aliphatic heterocycles. The summed E-state index contributed by atoms with van der Waals surface area (Å²) in [5.41, 5.74) is 9.83. The number of nitrogens with zero attached hydrogens (tertiary/aromatic N) is 1. The van der Waals surface area contributed by atoms with Gasteiger partial charge < -0.3 is 5.32 Å². The van der Waals surface area contributed by atoms with Crippen LogP contribution in [0.5, 0.6) is 0 Å². The van der Waals surface area contributed by atoms with Crippen LogP contribution in [0.2, 0.25) is 0 Å². The minimum Gasteiger partial charge on any atom is -0.359 e. The summed E-state index contributed by atoms with van der Waals surface area (Å²) >= 11 is 5.32. The van der Waals surface area contributed by atoms with Gasteiger partial charge in [0.2, 0.25) is 0 Å². The Bertz CT molecular complexity index is 1040. The van der Waals surface area contributed by atoms with Crippen molar-refractivity contribution in [3.63, 3.8) is 0 Å². The molecule has 6 heteroatoms. The van der Waals surface area contributed by atoms with Crippen molar-refractivity contribution in [2.24, 2.45) is 0 Å². The van der Waals surface area contributed by atoms with Crippen molar-refractivity contribution in [1.29, 1.82) is 0 Å². The number of carbonyl (C=O) groups is 1. The maximum atomic E-state index is 12.9. The number of nitrogens with one attached hydrogen (secondary N) is 3. The largest absolute Gasteiger partial charge is 0.359 e. The lowest BCUT2D eigenvalue weighted by Crippen LogP contribution is -2.49. The van der Waals surface area contributed by atoms with Crippen LogP contribution in [-0.2, 0) is 0 Å². The molecule has 1 aliphatic rings. The third-order valence-corrected chi connectivity index (χ3v) is 5.51. The van der Waals surface area contributed by atoms with E-state index in [9.17, 15) is 4.79 Å². The first-order chi connectivity index (χ1) is 14.1. The van der Waals surface area contributed by atoms with Crippen LogP contribution < -0.4 is 16.2 Å². The average molecular weight is 405 g/mol. The summed E-state index contributed by atoms with van der Waals surface area (Å²) in [5, 5.41) is 4.51. The lowest BCUT2D eigenvalue weighted by atomic mass is 10.0. The molecule has 2 aromatic carbocycles. The Labute approximate surface area is 175 Å². The molecule has 0 unspecified atom stereocenters. The fourth-order valence-corrected chi connectivity index (χ4v) is 3.93. The Kier molecular flexibility index (Phi) is 5.71. The van der Waals surface area contributed by atoms with Crippen molar-refractivity contribution in [2.75, 3.05) is 0 Å². The number of para-hydroxylation sites is 1. The number of fused-ring (bicyclic) bond motifs is 1. The normalized spacial score (nSPS) is 14.0. The zero-order valence-electron chi connectivity index (χ0n) is 16.4. The molecule has 0 radical (unpaired) electrons. The van der Waals surface area contributed by atoms with E-state index in [4.69, 9.17) is 17.2 Å². The molecule has 0 saturated heterocycles. The van der Waals surface area contributed by atoms with Gasteiger partial charge in [-0.3, -0.25) is 15.6 Å². The highest BCUT2D eigenvalue weighted by Crippen LogP contribution is 2.25. The summed E-state index contributed by atoms with van der Waals surface area (Å²) in [6.45, 7) is 2.05. The standard InChI is InChI=1S/C23H24N4OS/c1-15-10-12-16(13-11-15)21-14-19(18-8-4-5-9-20(18)25-21)22(28)26-27-23(29)24-17-6-2-3-7-17/h4-5,8-14,17H,2-3,6-7H2,1H3,(H,26,28)(H2,24,27,29). The van der Waals surface area contributed by atoms with Crippen LogP contribution in [0.1, 0.15) is 41.6 Å². The Balaban J connectivity index is 1.57. The van der Waals surface area contributed by atoms with Crippen LogP contribution in [0.25, 0.3) is 22.2 Å². The topological polar surface area (TPSA) is 66.1 Å². The van der Waals surface area contributed by atoms with Crippen LogP contribution in [0.4, 0.5) is 0 Å². The second-order valence-corrected chi connectivity index (χ2v) is 7.88. The van der Waals surface area contributed by atoms with Gasteiger partial charge >= 0.3 is 0 Å². The molecule has 29 heavy (non-hydrogen) atoms. The number of hydrogen-bond acceptors (Lipinski definition) is 3. The molecular formula is C23H24N4OS. The molecule has 1 aliphatic carbocycles.